The average molecular weight is 251 g/mol. The first-order chi connectivity index (χ1) is 7.79. The van der Waals surface area contributed by atoms with Crippen molar-refractivity contribution in [2.75, 3.05) is 0 Å². The molecule has 17 heavy (non-hydrogen) atoms. The highest BCUT2D eigenvalue weighted by atomic mass is 19.4. The van der Waals surface area contributed by atoms with Crippen LogP contribution < -0.4 is 5.32 Å². The van der Waals surface area contributed by atoms with Crippen LogP contribution in [0.3, 0.4) is 0 Å². The highest BCUT2D eigenvalue weighted by Crippen LogP contribution is 2.37. The predicted molar refractivity (Wildman–Crippen MR) is 59.4 cm³/mol. The van der Waals surface area contributed by atoms with Gasteiger partial charge in [-0.25, -0.2) is 0 Å². The minimum absolute atomic E-state index is 0.0351. The van der Waals surface area contributed by atoms with Gasteiger partial charge in [0.1, 0.15) is 0 Å². The summed E-state index contributed by atoms with van der Waals surface area (Å²) in [5, 5.41) is 2.71. The van der Waals surface area contributed by atoms with Crippen LogP contribution in [0.4, 0.5) is 13.2 Å². The standard InChI is InChI=1S/C12H20F3NO/c1-8(2)6-11(17)16-10-5-3-4-9(7-10)12(13,14)15/h8-10H,3-7H2,1-2H3,(H,16,17)/t9-,10-/m0/s1. The fraction of sp³-hybridized carbons (Fsp3) is 0.917. The Kier molecular flexibility index (Phi) is 4.83. The van der Waals surface area contributed by atoms with Gasteiger partial charge in [-0.2, -0.15) is 13.2 Å². The Bertz CT molecular complexity index is 263. The van der Waals surface area contributed by atoms with E-state index in [2.05, 4.69) is 5.32 Å². The zero-order chi connectivity index (χ0) is 13.1. The molecule has 0 unspecified atom stereocenters. The molecule has 1 aliphatic rings. The van der Waals surface area contributed by atoms with E-state index in [-0.39, 0.29) is 30.7 Å². The molecule has 0 heterocycles. The minimum atomic E-state index is -4.12. The van der Waals surface area contributed by atoms with Gasteiger partial charge in [0, 0.05) is 12.5 Å². The molecule has 0 spiro atoms. The second-order valence-corrected chi connectivity index (χ2v) is 5.27. The number of nitrogens with one attached hydrogen (secondary N) is 1. The van der Waals surface area contributed by atoms with Gasteiger partial charge in [0.2, 0.25) is 5.91 Å². The van der Waals surface area contributed by atoms with Gasteiger partial charge in [0.05, 0.1) is 5.92 Å². The zero-order valence-corrected chi connectivity index (χ0v) is 10.3. The van der Waals surface area contributed by atoms with Crippen molar-refractivity contribution in [3.05, 3.63) is 0 Å². The number of carbonyl (C=O) groups is 1. The Morgan fingerprint density at radius 2 is 2.00 bits per heavy atom. The van der Waals surface area contributed by atoms with Crippen LogP contribution in [0, 0.1) is 11.8 Å². The summed E-state index contributed by atoms with van der Waals surface area (Å²) in [7, 11) is 0. The summed E-state index contributed by atoms with van der Waals surface area (Å²) in [6.45, 7) is 3.83. The average Bonchev–Trinajstić information content (AvgIpc) is 2.15. The highest BCUT2D eigenvalue weighted by Gasteiger charge is 2.42. The molecule has 0 radical (unpaired) electrons. The summed E-state index contributed by atoms with van der Waals surface area (Å²) in [6, 6.07) is -0.304. The number of amides is 1. The Morgan fingerprint density at radius 1 is 1.35 bits per heavy atom. The van der Waals surface area contributed by atoms with Gasteiger partial charge in [0.25, 0.3) is 0 Å². The smallest absolute Gasteiger partial charge is 0.353 e. The van der Waals surface area contributed by atoms with E-state index in [1.54, 1.807) is 0 Å². The molecule has 100 valence electrons. The van der Waals surface area contributed by atoms with Crippen molar-refractivity contribution in [3.63, 3.8) is 0 Å². The molecule has 1 aliphatic carbocycles. The zero-order valence-electron chi connectivity index (χ0n) is 10.3. The summed E-state index contributed by atoms with van der Waals surface area (Å²) >= 11 is 0. The number of hydrogen-bond donors (Lipinski definition) is 1. The number of rotatable bonds is 3. The lowest BCUT2D eigenvalue weighted by Crippen LogP contribution is -2.41. The van der Waals surface area contributed by atoms with Gasteiger partial charge in [-0.3, -0.25) is 4.79 Å². The summed E-state index contributed by atoms with van der Waals surface area (Å²) < 4.78 is 37.6. The van der Waals surface area contributed by atoms with Crippen LogP contribution in [0.25, 0.3) is 0 Å². The van der Waals surface area contributed by atoms with Crippen molar-refractivity contribution < 1.29 is 18.0 Å². The van der Waals surface area contributed by atoms with Crippen LogP contribution in [0.1, 0.15) is 46.0 Å². The second kappa shape index (κ2) is 5.74. The molecule has 0 saturated heterocycles. The van der Waals surface area contributed by atoms with E-state index >= 15 is 0 Å². The molecule has 0 aromatic rings. The first kappa shape index (κ1) is 14.3. The SMILES string of the molecule is CC(C)CC(=O)N[C@H]1CCC[C@H](C(F)(F)F)C1. The molecule has 0 aromatic carbocycles. The number of alkyl halides is 3. The minimum Gasteiger partial charge on any atom is -0.353 e. The van der Waals surface area contributed by atoms with Gasteiger partial charge in [0.15, 0.2) is 0 Å². The van der Waals surface area contributed by atoms with Crippen molar-refractivity contribution in [2.24, 2.45) is 11.8 Å². The molecule has 0 aromatic heterocycles. The molecular weight excluding hydrogens is 231 g/mol. The van der Waals surface area contributed by atoms with E-state index in [4.69, 9.17) is 0 Å². The third-order valence-corrected chi connectivity index (χ3v) is 3.10. The molecule has 1 amide bonds. The van der Waals surface area contributed by atoms with E-state index in [0.29, 0.717) is 19.3 Å². The molecule has 1 N–H and O–H groups in total. The van der Waals surface area contributed by atoms with Crippen molar-refractivity contribution in [3.8, 4) is 0 Å². The van der Waals surface area contributed by atoms with E-state index < -0.39 is 12.1 Å². The third-order valence-electron chi connectivity index (χ3n) is 3.10. The molecule has 1 rings (SSSR count). The monoisotopic (exact) mass is 251 g/mol. The van der Waals surface area contributed by atoms with Crippen LogP contribution in [0.2, 0.25) is 0 Å². The van der Waals surface area contributed by atoms with Gasteiger partial charge < -0.3 is 5.32 Å². The lowest BCUT2D eigenvalue weighted by molar-refractivity contribution is -0.184. The Hall–Kier alpha value is -0.740. The molecule has 1 fully saturated rings. The maximum Gasteiger partial charge on any atom is 0.391 e. The van der Waals surface area contributed by atoms with Gasteiger partial charge in [-0.05, 0) is 25.2 Å². The van der Waals surface area contributed by atoms with Crippen LogP contribution in [-0.2, 0) is 4.79 Å². The number of halogens is 3. The number of carbonyl (C=O) groups excluding carboxylic acids is 1. The summed E-state index contributed by atoms with van der Waals surface area (Å²) in [5.41, 5.74) is 0. The maximum atomic E-state index is 12.5. The van der Waals surface area contributed by atoms with E-state index in [1.165, 1.54) is 0 Å². The van der Waals surface area contributed by atoms with Gasteiger partial charge in [-0.15, -0.1) is 0 Å². The molecule has 2 atom stereocenters. The first-order valence-electron chi connectivity index (χ1n) is 6.15. The molecule has 1 saturated carbocycles. The summed E-state index contributed by atoms with van der Waals surface area (Å²) in [5.74, 6) is -1.15. The topological polar surface area (TPSA) is 29.1 Å². The lowest BCUT2D eigenvalue weighted by atomic mass is 9.85. The summed E-state index contributed by atoms with van der Waals surface area (Å²) in [4.78, 5) is 11.5. The fourth-order valence-corrected chi connectivity index (χ4v) is 2.28. The van der Waals surface area contributed by atoms with Crippen LogP contribution in [0.15, 0.2) is 0 Å². The maximum absolute atomic E-state index is 12.5. The van der Waals surface area contributed by atoms with Crippen molar-refractivity contribution in [1.29, 1.82) is 0 Å². The molecule has 0 bridgehead atoms. The fourth-order valence-electron chi connectivity index (χ4n) is 2.28. The molecular formula is C12H20F3NO. The Labute approximate surface area is 100.0 Å². The third kappa shape index (κ3) is 4.96. The Balaban J connectivity index is 2.42. The lowest BCUT2D eigenvalue weighted by Gasteiger charge is -2.31. The van der Waals surface area contributed by atoms with Crippen molar-refractivity contribution in [2.45, 2.75) is 58.2 Å². The quantitative estimate of drug-likeness (QED) is 0.819. The highest BCUT2D eigenvalue weighted by molar-refractivity contribution is 5.76. The van der Waals surface area contributed by atoms with Crippen molar-refractivity contribution >= 4 is 5.91 Å². The van der Waals surface area contributed by atoms with Crippen LogP contribution >= 0.6 is 0 Å². The van der Waals surface area contributed by atoms with Crippen molar-refractivity contribution in [1.82, 2.24) is 5.32 Å². The van der Waals surface area contributed by atoms with Gasteiger partial charge >= 0.3 is 6.18 Å². The summed E-state index contributed by atoms with van der Waals surface area (Å²) in [6.07, 6.45) is -2.31. The van der Waals surface area contributed by atoms with E-state index in [9.17, 15) is 18.0 Å². The predicted octanol–water partition coefficient (Wildman–Crippen LogP) is 3.27. The van der Waals surface area contributed by atoms with Gasteiger partial charge in [-0.1, -0.05) is 20.3 Å². The second-order valence-electron chi connectivity index (χ2n) is 5.27. The van der Waals surface area contributed by atoms with Crippen LogP contribution in [0.5, 0.6) is 0 Å². The van der Waals surface area contributed by atoms with Crippen LogP contribution in [-0.4, -0.2) is 18.1 Å². The number of hydrogen-bond acceptors (Lipinski definition) is 1. The molecule has 5 heteroatoms. The Morgan fingerprint density at radius 3 is 2.53 bits per heavy atom. The normalized spacial score (nSPS) is 26.0. The molecule has 2 nitrogen and oxygen atoms in total. The molecule has 0 aliphatic heterocycles. The van der Waals surface area contributed by atoms with E-state index in [1.807, 2.05) is 13.8 Å². The van der Waals surface area contributed by atoms with E-state index in [0.717, 1.165) is 0 Å². The largest absolute Gasteiger partial charge is 0.391 e. The first-order valence-corrected chi connectivity index (χ1v) is 6.15.